The molecule has 24 heavy (non-hydrogen) atoms. The first-order valence-corrected chi connectivity index (χ1v) is 8.07. The molecule has 0 radical (unpaired) electrons. The molecular formula is C16H22N4O4. The molecule has 1 spiro atoms. The number of carboxylic acids is 1. The molecule has 2 N–H and O–H groups in total. The minimum absolute atomic E-state index is 0.0628. The molecule has 1 aromatic heterocycles. The van der Waals surface area contributed by atoms with Crippen molar-refractivity contribution in [2.24, 2.45) is 5.41 Å². The summed E-state index contributed by atoms with van der Waals surface area (Å²) < 4.78 is 5.42. The van der Waals surface area contributed by atoms with E-state index in [0.717, 1.165) is 25.9 Å². The highest BCUT2D eigenvalue weighted by atomic mass is 16.5. The van der Waals surface area contributed by atoms with Crippen LogP contribution in [-0.4, -0.2) is 57.1 Å². The lowest BCUT2D eigenvalue weighted by molar-refractivity contribution is -0.148. The van der Waals surface area contributed by atoms with Crippen molar-refractivity contribution in [1.82, 2.24) is 14.9 Å². The third kappa shape index (κ3) is 3.27. The van der Waals surface area contributed by atoms with Gasteiger partial charge in [-0.3, -0.25) is 4.79 Å². The van der Waals surface area contributed by atoms with Crippen molar-refractivity contribution in [2.45, 2.75) is 45.8 Å². The molecule has 3 rings (SSSR count). The Labute approximate surface area is 140 Å². The van der Waals surface area contributed by atoms with Crippen molar-refractivity contribution in [1.29, 1.82) is 0 Å². The fourth-order valence-electron chi connectivity index (χ4n) is 3.41. The van der Waals surface area contributed by atoms with Crippen molar-refractivity contribution < 1.29 is 19.4 Å². The van der Waals surface area contributed by atoms with Crippen LogP contribution in [0.15, 0.2) is 6.07 Å². The highest BCUT2D eigenvalue weighted by Crippen LogP contribution is 2.49. The number of hydrogen-bond acceptors (Lipinski definition) is 6. The predicted octanol–water partition coefficient (Wildman–Crippen LogP) is 1.38. The Morgan fingerprint density at radius 3 is 2.58 bits per heavy atom. The number of hydrogen-bond donors (Lipinski definition) is 2. The number of likely N-dealkylation sites (tertiary alicyclic amines) is 1. The van der Waals surface area contributed by atoms with E-state index in [0.29, 0.717) is 5.82 Å². The minimum atomic E-state index is -1.12. The van der Waals surface area contributed by atoms with E-state index >= 15 is 0 Å². The average molecular weight is 334 g/mol. The number of rotatable bonds is 5. The number of anilines is 1. The summed E-state index contributed by atoms with van der Waals surface area (Å²) in [5.41, 5.74) is 0.132. The van der Waals surface area contributed by atoms with E-state index in [2.05, 4.69) is 15.3 Å². The molecule has 2 heterocycles. The molecule has 1 saturated carbocycles. The monoisotopic (exact) mass is 334 g/mol. The maximum atomic E-state index is 11.3. The van der Waals surface area contributed by atoms with Crippen molar-refractivity contribution in [3.05, 3.63) is 11.8 Å². The number of aromatic carboxylic acids is 1. The quantitative estimate of drug-likeness (QED) is 0.838. The Kier molecular flexibility index (Phi) is 4.06. The zero-order valence-corrected chi connectivity index (χ0v) is 14.1. The number of carbonyl (C=O) groups is 2. The van der Waals surface area contributed by atoms with Crippen LogP contribution >= 0.6 is 0 Å². The lowest BCUT2D eigenvalue weighted by atomic mass is 9.60. The second kappa shape index (κ2) is 5.92. The van der Waals surface area contributed by atoms with Gasteiger partial charge in [0.1, 0.15) is 5.82 Å². The smallest absolute Gasteiger partial charge is 0.354 e. The Bertz CT molecular complexity index is 662. The molecule has 0 aromatic carbocycles. The van der Waals surface area contributed by atoms with Gasteiger partial charge in [-0.25, -0.2) is 4.79 Å². The first kappa shape index (κ1) is 16.5. The van der Waals surface area contributed by atoms with Crippen molar-refractivity contribution in [3.63, 3.8) is 0 Å². The van der Waals surface area contributed by atoms with Crippen molar-refractivity contribution >= 4 is 17.7 Å². The lowest BCUT2D eigenvalue weighted by Gasteiger charge is -2.59. The summed E-state index contributed by atoms with van der Waals surface area (Å²) in [6, 6.07) is 1.71. The van der Waals surface area contributed by atoms with Crippen LogP contribution in [0.4, 0.5) is 5.82 Å². The molecule has 0 atom stereocenters. The minimum Gasteiger partial charge on any atom is -0.477 e. The number of carboxylic acid groups (broad SMARTS) is 1. The first-order chi connectivity index (χ1) is 11.3. The Hall–Kier alpha value is -2.38. The van der Waals surface area contributed by atoms with E-state index in [1.54, 1.807) is 6.92 Å². The number of ether oxygens (including phenoxy) is 1. The van der Waals surface area contributed by atoms with Gasteiger partial charge in [0.05, 0.1) is 6.10 Å². The SMILES string of the molecule is CC(=O)N1CC2(CC(Nc3cc(C(=O)O)nc(OC(C)C)n3)C2)C1. The van der Waals surface area contributed by atoms with Crippen molar-refractivity contribution in [2.75, 3.05) is 18.4 Å². The van der Waals surface area contributed by atoms with E-state index in [-0.39, 0.29) is 35.2 Å². The lowest BCUT2D eigenvalue weighted by Crippen LogP contribution is -2.65. The molecule has 8 heteroatoms. The summed E-state index contributed by atoms with van der Waals surface area (Å²) in [4.78, 5) is 32.5. The van der Waals surface area contributed by atoms with E-state index in [4.69, 9.17) is 4.74 Å². The number of carbonyl (C=O) groups excluding carboxylic acids is 1. The van der Waals surface area contributed by atoms with E-state index in [9.17, 15) is 14.7 Å². The summed E-state index contributed by atoms with van der Waals surface area (Å²) in [6.07, 6.45) is 1.76. The number of aromatic nitrogens is 2. The molecule has 0 bridgehead atoms. The number of nitrogens with one attached hydrogen (secondary N) is 1. The second-order valence-electron chi connectivity index (χ2n) is 7.02. The standard InChI is InChI=1S/C16H22N4O4/c1-9(2)24-15-18-12(14(22)23)4-13(19-15)17-11-5-16(6-11)7-20(8-16)10(3)21/h4,9,11H,5-8H2,1-3H3,(H,22,23)(H,17,18,19). The van der Waals surface area contributed by atoms with Crippen LogP contribution in [0.25, 0.3) is 0 Å². The number of amides is 1. The molecule has 1 aliphatic heterocycles. The topological polar surface area (TPSA) is 105 Å². The molecule has 130 valence electrons. The maximum absolute atomic E-state index is 11.3. The molecule has 2 aliphatic rings. The van der Waals surface area contributed by atoms with Gasteiger partial charge in [0.25, 0.3) is 0 Å². The van der Waals surface area contributed by atoms with Gasteiger partial charge in [-0.15, -0.1) is 0 Å². The molecule has 8 nitrogen and oxygen atoms in total. The van der Waals surface area contributed by atoms with Crippen LogP contribution in [0.3, 0.4) is 0 Å². The van der Waals surface area contributed by atoms with E-state index in [1.807, 2.05) is 18.7 Å². The van der Waals surface area contributed by atoms with E-state index in [1.165, 1.54) is 6.07 Å². The largest absolute Gasteiger partial charge is 0.477 e. The Morgan fingerprint density at radius 2 is 2.04 bits per heavy atom. The summed E-state index contributed by atoms with van der Waals surface area (Å²) in [5.74, 6) is -0.537. The normalized spacial score (nSPS) is 18.9. The van der Waals surface area contributed by atoms with Crippen LogP contribution < -0.4 is 10.1 Å². The van der Waals surface area contributed by atoms with Gasteiger partial charge < -0.3 is 20.1 Å². The summed E-state index contributed by atoms with van der Waals surface area (Å²) >= 11 is 0. The molecule has 2 fully saturated rings. The van der Waals surface area contributed by atoms with Crippen LogP contribution in [0.2, 0.25) is 0 Å². The van der Waals surface area contributed by atoms with Gasteiger partial charge in [0.2, 0.25) is 5.91 Å². The third-order valence-electron chi connectivity index (χ3n) is 4.47. The van der Waals surface area contributed by atoms with Crippen LogP contribution in [0, 0.1) is 5.41 Å². The van der Waals surface area contributed by atoms with Crippen LogP contribution in [0.5, 0.6) is 6.01 Å². The first-order valence-electron chi connectivity index (χ1n) is 8.07. The Balaban J connectivity index is 1.62. The Morgan fingerprint density at radius 1 is 1.38 bits per heavy atom. The van der Waals surface area contributed by atoms with Crippen molar-refractivity contribution in [3.8, 4) is 6.01 Å². The average Bonchev–Trinajstić information content (AvgIpc) is 2.38. The summed E-state index contributed by atoms with van der Waals surface area (Å²) in [6.45, 7) is 6.87. The third-order valence-corrected chi connectivity index (χ3v) is 4.47. The molecule has 0 unspecified atom stereocenters. The molecule has 1 aliphatic carbocycles. The van der Waals surface area contributed by atoms with E-state index < -0.39 is 5.97 Å². The summed E-state index contributed by atoms with van der Waals surface area (Å²) in [7, 11) is 0. The van der Waals surface area contributed by atoms with Gasteiger partial charge in [-0.2, -0.15) is 9.97 Å². The fourth-order valence-corrected chi connectivity index (χ4v) is 3.41. The van der Waals surface area contributed by atoms with Gasteiger partial charge in [0.15, 0.2) is 5.69 Å². The van der Waals surface area contributed by atoms with Crippen LogP contribution in [0.1, 0.15) is 44.1 Å². The fraction of sp³-hybridized carbons (Fsp3) is 0.625. The van der Waals surface area contributed by atoms with Crippen LogP contribution in [-0.2, 0) is 4.79 Å². The second-order valence-corrected chi connectivity index (χ2v) is 7.02. The molecule has 1 aromatic rings. The van der Waals surface area contributed by atoms with Gasteiger partial charge in [-0.05, 0) is 26.7 Å². The summed E-state index contributed by atoms with van der Waals surface area (Å²) in [5, 5.41) is 12.4. The molecule has 1 saturated heterocycles. The number of nitrogens with zero attached hydrogens (tertiary/aromatic N) is 3. The predicted molar refractivity (Wildman–Crippen MR) is 86.1 cm³/mol. The highest BCUT2D eigenvalue weighted by molar-refractivity contribution is 5.86. The highest BCUT2D eigenvalue weighted by Gasteiger charge is 2.53. The maximum Gasteiger partial charge on any atom is 0.354 e. The molecular weight excluding hydrogens is 312 g/mol. The molecule has 1 amide bonds. The van der Waals surface area contributed by atoms with Gasteiger partial charge in [-0.1, -0.05) is 0 Å². The zero-order chi connectivity index (χ0) is 17.5. The zero-order valence-electron chi connectivity index (χ0n) is 14.1. The van der Waals surface area contributed by atoms with Gasteiger partial charge >= 0.3 is 12.0 Å². The van der Waals surface area contributed by atoms with Gasteiger partial charge in [0, 0.05) is 37.5 Å².